The molecule has 0 bridgehead atoms. The predicted octanol–water partition coefficient (Wildman–Crippen LogP) is 9.50. The van der Waals surface area contributed by atoms with E-state index in [0.29, 0.717) is 72.1 Å². The van der Waals surface area contributed by atoms with Gasteiger partial charge in [0.1, 0.15) is 29.9 Å². The van der Waals surface area contributed by atoms with Crippen LogP contribution in [0.3, 0.4) is 0 Å². The second-order valence-corrected chi connectivity index (χ2v) is 17.2. The number of carbonyl (C=O) groups is 1. The minimum Gasteiger partial charge on any atom is -0.493 e. The molecule has 0 unspecified atom stereocenters. The third kappa shape index (κ3) is 10.1. The zero-order valence-corrected chi connectivity index (χ0v) is 38.1. The number of rotatable bonds is 14. The van der Waals surface area contributed by atoms with Gasteiger partial charge in [-0.3, -0.25) is 9.69 Å². The van der Waals surface area contributed by atoms with E-state index in [1.807, 2.05) is 73.1 Å². The molecule has 2 fully saturated rings. The predicted molar refractivity (Wildman–Crippen MR) is 255 cm³/mol. The van der Waals surface area contributed by atoms with Crippen molar-refractivity contribution in [2.45, 2.75) is 46.5 Å². The summed E-state index contributed by atoms with van der Waals surface area (Å²) in [6.07, 6.45) is 11.3. The number of H-pyrrole nitrogens is 2. The number of ketones is 1. The molecule has 4 aromatic heterocycles. The molecule has 8 aromatic rings. The molecule has 2 aliphatic rings. The third-order valence-corrected chi connectivity index (χ3v) is 12.5. The highest BCUT2D eigenvalue weighted by Gasteiger charge is 2.22. The number of nitrogens with zero attached hydrogens (tertiary/aromatic N) is 5. The Balaban J connectivity index is 0.000000167. The summed E-state index contributed by atoms with van der Waals surface area (Å²) >= 11 is 0. The molecule has 3 N–H and O–H groups in total. The summed E-state index contributed by atoms with van der Waals surface area (Å²) in [5.41, 5.74) is 5.95. The van der Waals surface area contributed by atoms with Gasteiger partial charge in [-0.2, -0.15) is 0 Å². The zero-order chi connectivity index (χ0) is 45.6. The number of aryl methyl sites for hydroxylation is 2. The Morgan fingerprint density at radius 1 is 0.621 bits per heavy atom. The molecular weight excluding hydrogens is 837 g/mol. The fraction of sp³-hybridized carbons (Fsp3) is 0.353. The van der Waals surface area contributed by atoms with E-state index in [-0.39, 0.29) is 5.78 Å². The summed E-state index contributed by atoms with van der Waals surface area (Å²) in [4.78, 5) is 37.7. The third-order valence-electron chi connectivity index (χ3n) is 12.5. The topological polar surface area (TPSA) is 171 Å². The number of piperidine rings is 2. The van der Waals surface area contributed by atoms with Crippen LogP contribution in [-0.4, -0.2) is 101 Å². The van der Waals surface area contributed by atoms with Crippen LogP contribution < -0.4 is 33.7 Å². The smallest absolute Gasteiger partial charge is 0.230 e. The van der Waals surface area contributed by atoms with Crippen LogP contribution in [0.25, 0.3) is 43.6 Å². The van der Waals surface area contributed by atoms with Crippen LogP contribution in [0, 0.1) is 25.7 Å². The highest BCUT2D eigenvalue weighted by molar-refractivity contribution is 5.89. The van der Waals surface area contributed by atoms with Gasteiger partial charge < -0.3 is 43.7 Å². The van der Waals surface area contributed by atoms with Crippen molar-refractivity contribution in [1.29, 1.82) is 0 Å². The molecule has 2 aliphatic heterocycles. The van der Waals surface area contributed by atoms with Crippen molar-refractivity contribution in [2.24, 2.45) is 11.8 Å². The van der Waals surface area contributed by atoms with Crippen molar-refractivity contribution in [3.05, 3.63) is 96.8 Å². The maximum Gasteiger partial charge on any atom is 0.230 e. The number of Topliss-reactive ketones (excluding diaryl/α,β-unsaturated/α-hetero) is 1. The number of methoxy groups -OCH3 is 2. The van der Waals surface area contributed by atoms with Crippen molar-refractivity contribution < 1.29 is 33.2 Å². The van der Waals surface area contributed by atoms with Crippen molar-refractivity contribution in [3.8, 4) is 46.3 Å². The highest BCUT2D eigenvalue weighted by atomic mass is 16.5. The van der Waals surface area contributed by atoms with Crippen molar-refractivity contribution >= 4 is 49.4 Å². The van der Waals surface area contributed by atoms with Gasteiger partial charge in [-0.25, -0.2) is 19.9 Å². The summed E-state index contributed by atoms with van der Waals surface area (Å²) in [6.45, 7) is 11.5. The molecule has 0 amide bonds. The first kappa shape index (κ1) is 44.2. The van der Waals surface area contributed by atoms with Gasteiger partial charge in [0.2, 0.25) is 11.8 Å². The van der Waals surface area contributed by atoms with E-state index in [1.165, 1.54) is 18.2 Å². The zero-order valence-electron chi connectivity index (χ0n) is 38.1. The molecule has 66 heavy (non-hydrogen) atoms. The fourth-order valence-electron chi connectivity index (χ4n) is 8.71. The number of hydrogen-bond acceptors (Lipinski definition) is 13. The Kier molecular flexibility index (Phi) is 13.4. The standard InChI is InChI=1S/C27H30N4O4.C24H26N4O3/c1-17-13-28-23-5-4-20(10-21(17)23)35-27-22-11-25(33-3)26(12-24(22)29-16-30-27)34-15-19-6-8-31(9-7-19)14-18(2)32;1-15-12-26-20-4-3-17(9-18(15)20)31-24-19-10-22(29-2)23(11-21(19)27-14-28-24)30-13-16-5-7-25-8-6-16/h4-5,10-13,16,19,28H,6-9,14-15H2,1-3H3;3-4,9-12,14,16,25-26H,5-8,13H2,1-2H3. The maximum atomic E-state index is 11.4. The molecule has 0 aliphatic carbocycles. The van der Waals surface area contributed by atoms with Gasteiger partial charge in [0.25, 0.3) is 0 Å². The summed E-state index contributed by atoms with van der Waals surface area (Å²) in [6, 6.07) is 19.4. The minimum atomic E-state index is 0.214. The molecule has 15 heteroatoms. The lowest BCUT2D eigenvalue weighted by Crippen LogP contribution is -2.38. The number of nitrogens with one attached hydrogen (secondary N) is 3. The number of hydrogen-bond donors (Lipinski definition) is 3. The van der Waals surface area contributed by atoms with Crippen LogP contribution in [0.4, 0.5) is 0 Å². The first-order valence-corrected chi connectivity index (χ1v) is 22.6. The molecule has 0 radical (unpaired) electrons. The lowest BCUT2D eigenvalue weighted by molar-refractivity contribution is -0.118. The number of ether oxygens (including phenoxy) is 6. The van der Waals surface area contributed by atoms with Crippen LogP contribution in [0.15, 0.2) is 85.7 Å². The summed E-state index contributed by atoms with van der Waals surface area (Å²) in [7, 11) is 3.27. The first-order chi connectivity index (χ1) is 32.2. The van der Waals surface area contributed by atoms with E-state index >= 15 is 0 Å². The van der Waals surface area contributed by atoms with E-state index in [1.54, 1.807) is 21.1 Å². The summed E-state index contributed by atoms with van der Waals surface area (Å²) < 4.78 is 35.9. The van der Waals surface area contributed by atoms with Crippen LogP contribution >= 0.6 is 0 Å². The second-order valence-electron chi connectivity index (χ2n) is 17.2. The molecule has 4 aromatic carbocycles. The molecule has 10 rings (SSSR count). The van der Waals surface area contributed by atoms with Gasteiger partial charge in [0, 0.05) is 46.3 Å². The molecule has 0 saturated carbocycles. The van der Waals surface area contributed by atoms with Crippen LogP contribution in [0.2, 0.25) is 0 Å². The van der Waals surface area contributed by atoms with E-state index in [2.05, 4.69) is 54.0 Å². The molecule has 2 saturated heterocycles. The number of likely N-dealkylation sites (tertiary alicyclic amines) is 1. The van der Waals surface area contributed by atoms with E-state index in [0.717, 1.165) is 107 Å². The Labute approximate surface area is 383 Å². The van der Waals surface area contributed by atoms with Gasteiger partial charge in [-0.15, -0.1) is 0 Å². The molecule has 0 atom stereocenters. The quantitative estimate of drug-likeness (QED) is 0.0944. The lowest BCUT2D eigenvalue weighted by Gasteiger charge is -2.31. The number of aromatic amines is 2. The number of fused-ring (bicyclic) bond motifs is 4. The molecule has 15 nitrogen and oxygen atoms in total. The Hall–Kier alpha value is -6.97. The normalized spacial score (nSPS) is 14.9. The van der Waals surface area contributed by atoms with Crippen LogP contribution in [0.1, 0.15) is 43.7 Å². The number of benzene rings is 4. The molecular formula is C51H56N8O7. The Morgan fingerprint density at radius 3 is 1.58 bits per heavy atom. The SMILES string of the molecule is COc1cc2c(Oc3ccc4[nH]cc(C)c4c3)ncnc2cc1OCC1CCN(CC(C)=O)CC1.COc1cc2c(Oc3ccc4[nH]cc(C)c4c3)ncnc2cc1OCC1CCNCC1. The maximum absolute atomic E-state index is 11.4. The lowest BCUT2D eigenvalue weighted by atomic mass is 9.97. The van der Waals surface area contributed by atoms with Gasteiger partial charge >= 0.3 is 0 Å². The van der Waals surface area contributed by atoms with Gasteiger partial charge in [0.05, 0.1) is 55.8 Å². The van der Waals surface area contributed by atoms with Gasteiger partial charge in [-0.05, 0) is 144 Å². The van der Waals surface area contributed by atoms with Crippen molar-refractivity contribution in [3.63, 3.8) is 0 Å². The van der Waals surface area contributed by atoms with Crippen LogP contribution in [-0.2, 0) is 4.79 Å². The number of carbonyl (C=O) groups excluding carboxylic acids is 1. The Bertz CT molecular complexity index is 2970. The summed E-state index contributed by atoms with van der Waals surface area (Å²) in [5.74, 6) is 6.20. The fourth-order valence-corrected chi connectivity index (χ4v) is 8.71. The van der Waals surface area contributed by atoms with Gasteiger partial charge in [-0.1, -0.05) is 0 Å². The van der Waals surface area contributed by atoms with E-state index < -0.39 is 0 Å². The average Bonchev–Trinajstić information content (AvgIpc) is 3.90. The van der Waals surface area contributed by atoms with E-state index in [4.69, 9.17) is 28.4 Å². The van der Waals surface area contributed by atoms with Crippen molar-refractivity contribution in [2.75, 3.05) is 60.2 Å². The first-order valence-electron chi connectivity index (χ1n) is 22.6. The highest BCUT2D eigenvalue weighted by Crippen LogP contribution is 2.39. The largest absolute Gasteiger partial charge is 0.493 e. The summed E-state index contributed by atoms with van der Waals surface area (Å²) in [5, 5.41) is 7.15. The molecule has 6 heterocycles. The van der Waals surface area contributed by atoms with Crippen molar-refractivity contribution in [1.82, 2.24) is 40.1 Å². The Morgan fingerprint density at radius 2 is 1.11 bits per heavy atom. The van der Waals surface area contributed by atoms with Gasteiger partial charge in [0.15, 0.2) is 23.0 Å². The monoisotopic (exact) mass is 892 g/mol. The molecule has 342 valence electrons. The second kappa shape index (κ2) is 20.0. The average molecular weight is 893 g/mol. The van der Waals surface area contributed by atoms with Crippen LogP contribution in [0.5, 0.6) is 46.3 Å². The minimum absolute atomic E-state index is 0.214. The number of aromatic nitrogens is 6. The van der Waals surface area contributed by atoms with E-state index in [9.17, 15) is 4.79 Å². The molecule has 0 spiro atoms.